The lowest BCUT2D eigenvalue weighted by Crippen LogP contribution is -2.14. The lowest BCUT2D eigenvalue weighted by molar-refractivity contribution is 0.101. The van der Waals surface area contributed by atoms with Crippen LogP contribution >= 0.6 is 11.6 Å². The second-order valence-corrected chi connectivity index (χ2v) is 7.90. The third-order valence-electron chi connectivity index (χ3n) is 5.09. The molecule has 1 aliphatic rings. The molecule has 0 saturated heterocycles. The van der Waals surface area contributed by atoms with E-state index in [0.717, 1.165) is 28.9 Å². The Morgan fingerprint density at radius 3 is 2.81 bits per heavy atom. The summed E-state index contributed by atoms with van der Waals surface area (Å²) in [5, 5.41) is 13.6. The van der Waals surface area contributed by atoms with Gasteiger partial charge in [0.1, 0.15) is 10.8 Å². The molecule has 0 atom stereocenters. The van der Waals surface area contributed by atoms with Gasteiger partial charge in [-0.3, -0.25) is 4.79 Å². The Labute approximate surface area is 189 Å². The highest BCUT2D eigenvalue weighted by molar-refractivity contribution is 6.32. The van der Waals surface area contributed by atoms with Gasteiger partial charge in [0, 0.05) is 23.1 Å². The molecule has 4 aromatic rings. The minimum atomic E-state index is -0.323. The molecular weight excluding hydrogens is 428 g/mol. The summed E-state index contributed by atoms with van der Waals surface area (Å²) in [6.07, 6.45) is 3.05. The fourth-order valence-corrected chi connectivity index (χ4v) is 3.66. The highest BCUT2D eigenvalue weighted by Crippen LogP contribution is 2.29. The van der Waals surface area contributed by atoms with Gasteiger partial charge in [0.25, 0.3) is 5.91 Å². The Bertz CT molecular complexity index is 1320. The van der Waals surface area contributed by atoms with E-state index >= 15 is 0 Å². The van der Waals surface area contributed by atoms with Crippen molar-refractivity contribution >= 4 is 46.3 Å². The molecule has 0 saturated carbocycles. The standard InChI is InChI=1S/C23H19ClN6O2/c1-13-9-20(30-32-13)22(31)28-19-8-7-17-11-15(19)6-5-14-3-2-4-16(10-14)27-23-25-12-18(24)21(26-17)29-23/h2-4,7-12H,5-6H2,1H3,(H,28,31)(H2,25,26,27,29). The largest absolute Gasteiger partial charge is 0.361 e. The van der Waals surface area contributed by atoms with Crippen LogP contribution in [0.1, 0.15) is 27.4 Å². The van der Waals surface area contributed by atoms with Gasteiger partial charge >= 0.3 is 0 Å². The second kappa shape index (κ2) is 8.32. The van der Waals surface area contributed by atoms with Crippen molar-refractivity contribution in [3.05, 3.63) is 82.3 Å². The molecule has 0 unspecified atom stereocenters. The summed E-state index contributed by atoms with van der Waals surface area (Å²) in [6.45, 7) is 1.74. The van der Waals surface area contributed by atoms with E-state index in [-0.39, 0.29) is 11.6 Å². The number of halogens is 1. The molecule has 0 radical (unpaired) electrons. The molecule has 0 fully saturated rings. The summed E-state index contributed by atoms with van der Waals surface area (Å²) < 4.78 is 5.02. The van der Waals surface area contributed by atoms with Gasteiger partial charge in [-0.2, -0.15) is 4.98 Å². The Morgan fingerprint density at radius 1 is 1.09 bits per heavy atom. The van der Waals surface area contributed by atoms with Crippen molar-refractivity contribution in [1.82, 2.24) is 15.1 Å². The molecule has 2 aromatic carbocycles. The maximum absolute atomic E-state index is 12.6. The Morgan fingerprint density at radius 2 is 1.97 bits per heavy atom. The zero-order valence-corrected chi connectivity index (χ0v) is 17.9. The molecule has 160 valence electrons. The molecule has 6 bridgehead atoms. The average molecular weight is 447 g/mol. The minimum absolute atomic E-state index is 0.237. The predicted molar refractivity (Wildman–Crippen MR) is 123 cm³/mol. The van der Waals surface area contributed by atoms with Crippen molar-refractivity contribution in [2.24, 2.45) is 0 Å². The quantitative estimate of drug-likeness (QED) is 0.385. The molecule has 5 rings (SSSR count). The van der Waals surface area contributed by atoms with Gasteiger partial charge in [-0.05, 0) is 61.2 Å². The first-order valence-electron chi connectivity index (χ1n) is 10.1. The molecule has 2 aromatic heterocycles. The molecule has 32 heavy (non-hydrogen) atoms. The normalized spacial score (nSPS) is 12.4. The maximum Gasteiger partial charge on any atom is 0.277 e. The van der Waals surface area contributed by atoms with Crippen LogP contribution in [0.5, 0.6) is 0 Å². The van der Waals surface area contributed by atoms with Crippen molar-refractivity contribution < 1.29 is 9.32 Å². The number of rotatable bonds is 2. The summed E-state index contributed by atoms with van der Waals surface area (Å²) in [6, 6.07) is 15.4. The summed E-state index contributed by atoms with van der Waals surface area (Å²) in [7, 11) is 0. The number of aromatic nitrogens is 3. The smallest absolute Gasteiger partial charge is 0.277 e. The van der Waals surface area contributed by atoms with Gasteiger partial charge in [0.15, 0.2) is 11.5 Å². The van der Waals surface area contributed by atoms with E-state index in [9.17, 15) is 4.79 Å². The van der Waals surface area contributed by atoms with Crippen LogP contribution in [0.2, 0.25) is 5.02 Å². The summed E-state index contributed by atoms with van der Waals surface area (Å²) in [4.78, 5) is 21.4. The van der Waals surface area contributed by atoms with Crippen LogP contribution in [0, 0.1) is 6.92 Å². The number of benzene rings is 2. The maximum atomic E-state index is 12.6. The highest BCUT2D eigenvalue weighted by atomic mass is 35.5. The van der Waals surface area contributed by atoms with E-state index < -0.39 is 0 Å². The van der Waals surface area contributed by atoms with Crippen LogP contribution in [0.3, 0.4) is 0 Å². The molecule has 1 amide bonds. The SMILES string of the molecule is Cc1cc(C(=O)Nc2ccc3cc2CCc2cccc(c2)Nc2ncc(Cl)c(n2)N3)no1. The van der Waals surface area contributed by atoms with Gasteiger partial charge in [-0.1, -0.05) is 28.9 Å². The van der Waals surface area contributed by atoms with Gasteiger partial charge in [-0.15, -0.1) is 0 Å². The number of hydrogen-bond donors (Lipinski definition) is 3. The van der Waals surface area contributed by atoms with E-state index in [1.807, 2.05) is 30.3 Å². The van der Waals surface area contributed by atoms with Crippen molar-refractivity contribution in [3.8, 4) is 0 Å². The highest BCUT2D eigenvalue weighted by Gasteiger charge is 2.15. The van der Waals surface area contributed by atoms with E-state index in [4.69, 9.17) is 16.1 Å². The summed E-state index contributed by atoms with van der Waals surface area (Å²) >= 11 is 6.31. The second-order valence-electron chi connectivity index (χ2n) is 7.49. The van der Waals surface area contributed by atoms with E-state index in [1.54, 1.807) is 19.2 Å². The number of hydrogen-bond acceptors (Lipinski definition) is 7. The number of nitrogens with one attached hydrogen (secondary N) is 3. The van der Waals surface area contributed by atoms with E-state index in [2.05, 4.69) is 43.2 Å². The van der Waals surface area contributed by atoms with Crippen LogP contribution in [0.4, 0.5) is 28.8 Å². The van der Waals surface area contributed by atoms with Crippen molar-refractivity contribution in [2.45, 2.75) is 19.8 Å². The van der Waals surface area contributed by atoms with Gasteiger partial charge in [0.05, 0.1) is 6.20 Å². The molecule has 8 nitrogen and oxygen atoms in total. The Hall–Kier alpha value is -3.91. The van der Waals surface area contributed by atoms with E-state index in [0.29, 0.717) is 34.7 Å². The van der Waals surface area contributed by atoms with Crippen LogP contribution in [0.15, 0.2) is 59.3 Å². The lowest BCUT2D eigenvalue weighted by atomic mass is 10.0. The average Bonchev–Trinajstić information content (AvgIpc) is 3.22. The molecule has 3 N–H and O–H groups in total. The fourth-order valence-electron chi connectivity index (χ4n) is 3.52. The molecule has 0 aliphatic carbocycles. The zero-order valence-electron chi connectivity index (χ0n) is 17.1. The number of amides is 1. The van der Waals surface area contributed by atoms with E-state index in [1.165, 1.54) is 0 Å². The lowest BCUT2D eigenvalue weighted by Gasteiger charge is -2.14. The van der Waals surface area contributed by atoms with Crippen LogP contribution in [-0.2, 0) is 12.8 Å². The number of fused-ring (bicyclic) bond motifs is 6. The topological polar surface area (TPSA) is 105 Å². The first-order chi connectivity index (χ1) is 15.5. The molecule has 1 aliphatic heterocycles. The number of anilines is 5. The predicted octanol–water partition coefficient (Wildman–Crippen LogP) is 5.26. The summed E-state index contributed by atoms with van der Waals surface area (Å²) in [5.74, 6) is 1.19. The number of carbonyl (C=O) groups excluding carboxylic acids is 1. The van der Waals surface area contributed by atoms with Crippen molar-refractivity contribution in [2.75, 3.05) is 16.0 Å². The zero-order chi connectivity index (χ0) is 22.1. The molecule has 0 spiro atoms. The van der Waals surface area contributed by atoms with Crippen LogP contribution in [0.25, 0.3) is 0 Å². The Kier molecular flexibility index (Phi) is 5.20. The van der Waals surface area contributed by atoms with Crippen molar-refractivity contribution in [3.63, 3.8) is 0 Å². The third kappa shape index (κ3) is 4.26. The molecular formula is C23H19ClN6O2. The minimum Gasteiger partial charge on any atom is -0.361 e. The fraction of sp³-hybridized carbons (Fsp3) is 0.130. The monoisotopic (exact) mass is 446 g/mol. The molecule has 9 heteroatoms. The van der Waals surface area contributed by atoms with Crippen molar-refractivity contribution in [1.29, 1.82) is 0 Å². The van der Waals surface area contributed by atoms with Crippen LogP contribution in [-0.4, -0.2) is 21.0 Å². The van der Waals surface area contributed by atoms with Gasteiger partial charge < -0.3 is 20.5 Å². The number of nitrogens with zero attached hydrogens (tertiary/aromatic N) is 3. The Balaban J connectivity index is 1.53. The first kappa shape index (κ1) is 20.0. The summed E-state index contributed by atoms with van der Waals surface area (Å²) in [5.41, 5.74) is 4.74. The molecule has 3 heterocycles. The van der Waals surface area contributed by atoms with Gasteiger partial charge in [-0.25, -0.2) is 4.98 Å². The number of aryl methyl sites for hydroxylation is 3. The third-order valence-corrected chi connectivity index (χ3v) is 5.36. The number of carbonyl (C=O) groups is 1. The van der Waals surface area contributed by atoms with Gasteiger partial charge in [0.2, 0.25) is 5.95 Å². The van der Waals surface area contributed by atoms with Crippen LogP contribution < -0.4 is 16.0 Å². The first-order valence-corrected chi connectivity index (χ1v) is 10.4.